The molecule has 0 radical (unpaired) electrons. The van der Waals surface area contributed by atoms with Gasteiger partial charge < -0.3 is 21.7 Å². The fraction of sp³-hybridized carbons (Fsp3) is 0.167. The Morgan fingerprint density at radius 3 is 2.74 bits per heavy atom. The van der Waals surface area contributed by atoms with E-state index in [9.17, 15) is 0 Å². The first kappa shape index (κ1) is 15.1. The molecule has 0 aliphatic carbocycles. The minimum atomic E-state index is -2.31. The number of hydrogen-bond acceptors (Lipinski definition) is 6. The fourth-order valence-electron chi connectivity index (χ4n) is 1.17. The highest BCUT2D eigenvalue weighted by Crippen LogP contribution is 2.19. The van der Waals surface area contributed by atoms with Crippen molar-refractivity contribution in [2.24, 2.45) is 16.5 Å². The molecule has 100 valence electrons. The zero-order valence-electron chi connectivity index (χ0n) is 9.92. The maximum Gasteiger partial charge on any atom is 0.277 e. The van der Waals surface area contributed by atoms with Crippen LogP contribution in [0.15, 0.2) is 29.3 Å². The fourth-order valence-corrected chi connectivity index (χ4v) is 1.39. The summed E-state index contributed by atoms with van der Waals surface area (Å²) in [6.45, 7) is -0.431. The minimum absolute atomic E-state index is 0.286. The van der Waals surface area contributed by atoms with Gasteiger partial charge in [-0.15, -0.1) is 0 Å². The van der Waals surface area contributed by atoms with E-state index in [1.807, 2.05) is 6.07 Å². The zero-order chi connectivity index (χ0) is 14.5. The van der Waals surface area contributed by atoms with Crippen LogP contribution in [0.5, 0.6) is 0 Å². The number of aliphatic imine (C=N–C) groups is 1. The van der Waals surface area contributed by atoms with Crippen molar-refractivity contribution in [3.05, 3.63) is 40.4 Å². The molecule has 0 amide bonds. The van der Waals surface area contributed by atoms with Gasteiger partial charge in [-0.05, 0) is 23.8 Å². The van der Waals surface area contributed by atoms with Gasteiger partial charge in [-0.25, -0.2) is 4.99 Å². The van der Waals surface area contributed by atoms with E-state index in [-0.39, 0.29) is 5.02 Å². The van der Waals surface area contributed by atoms with Crippen LogP contribution in [0.4, 0.5) is 0 Å². The van der Waals surface area contributed by atoms with Gasteiger partial charge in [-0.2, -0.15) is 5.26 Å². The van der Waals surface area contributed by atoms with Gasteiger partial charge >= 0.3 is 0 Å². The molecule has 0 heterocycles. The summed E-state index contributed by atoms with van der Waals surface area (Å²) in [4.78, 5) is 3.42. The van der Waals surface area contributed by atoms with Crippen molar-refractivity contribution < 1.29 is 10.2 Å². The van der Waals surface area contributed by atoms with Crippen LogP contribution in [-0.2, 0) is 0 Å². The van der Waals surface area contributed by atoms with Crippen molar-refractivity contribution in [2.45, 2.75) is 5.91 Å². The van der Waals surface area contributed by atoms with Gasteiger partial charge in [0, 0.05) is 11.9 Å². The van der Waals surface area contributed by atoms with Crippen LogP contribution in [-0.4, -0.2) is 28.9 Å². The van der Waals surface area contributed by atoms with Crippen molar-refractivity contribution in [3.63, 3.8) is 0 Å². The molecule has 7 heteroatoms. The molecule has 0 saturated carbocycles. The van der Waals surface area contributed by atoms with Gasteiger partial charge in [0.05, 0.1) is 17.1 Å². The molecule has 0 aromatic heterocycles. The van der Waals surface area contributed by atoms with E-state index < -0.39 is 12.5 Å². The Hall–Kier alpha value is -1.91. The summed E-state index contributed by atoms with van der Waals surface area (Å²) in [7, 11) is 0. The van der Waals surface area contributed by atoms with Gasteiger partial charge in [0.1, 0.15) is 6.07 Å². The minimum Gasteiger partial charge on any atom is -0.398 e. The quantitative estimate of drug-likeness (QED) is 0.462. The van der Waals surface area contributed by atoms with Crippen LogP contribution < -0.4 is 11.5 Å². The highest BCUT2D eigenvalue weighted by Gasteiger charge is 2.16. The Morgan fingerprint density at radius 2 is 2.21 bits per heavy atom. The SMILES string of the molecule is N#Cc1ccc(/C(N)=C/C=N/C(O)(O)CN)cc1Cl. The highest BCUT2D eigenvalue weighted by molar-refractivity contribution is 6.31. The zero-order valence-corrected chi connectivity index (χ0v) is 10.7. The first-order chi connectivity index (χ1) is 8.89. The molecule has 0 spiro atoms. The molecule has 1 aromatic rings. The van der Waals surface area contributed by atoms with Gasteiger partial charge in [-0.1, -0.05) is 17.7 Å². The summed E-state index contributed by atoms with van der Waals surface area (Å²) in [5, 5.41) is 27.3. The van der Waals surface area contributed by atoms with Crippen molar-refractivity contribution in [1.82, 2.24) is 0 Å². The summed E-state index contributed by atoms with van der Waals surface area (Å²) in [5.41, 5.74) is 12.1. The van der Waals surface area contributed by atoms with E-state index in [1.165, 1.54) is 18.2 Å². The third kappa shape index (κ3) is 4.35. The Labute approximate surface area is 115 Å². The molecule has 0 fully saturated rings. The Kier molecular flexibility index (Phi) is 5.03. The Bertz CT molecular complexity index is 561. The van der Waals surface area contributed by atoms with Gasteiger partial charge in [-0.3, -0.25) is 0 Å². The van der Waals surface area contributed by atoms with Gasteiger partial charge in [0.25, 0.3) is 5.91 Å². The van der Waals surface area contributed by atoms with Crippen molar-refractivity contribution in [2.75, 3.05) is 6.54 Å². The number of aliphatic hydroxyl groups is 2. The first-order valence-corrected chi connectivity index (χ1v) is 5.63. The maximum atomic E-state index is 9.12. The third-order valence-electron chi connectivity index (χ3n) is 2.23. The number of hydrogen-bond donors (Lipinski definition) is 4. The lowest BCUT2D eigenvalue weighted by Gasteiger charge is -2.12. The smallest absolute Gasteiger partial charge is 0.277 e. The largest absolute Gasteiger partial charge is 0.398 e. The summed E-state index contributed by atoms with van der Waals surface area (Å²) >= 11 is 5.87. The molecule has 19 heavy (non-hydrogen) atoms. The maximum absolute atomic E-state index is 9.12. The summed E-state index contributed by atoms with van der Waals surface area (Å²) in [6.07, 6.45) is 2.50. The molecular formula is C12H13ClN4O2. The summed E-state index contributed by atoms with van der Waals surface area (Å²) in [6, 6.07) is 6.63. The second-order valence-electron chi connectivity index (χ2n) is 3.69. The Balaban J connectivity index is 2.92. The number of allylic oxidation sites excluding steroid dienone is 1. The lowest BCUT2D eigenvalue weighted by molar-refractivity contribution is -0.142. The first-order valence-electron chi connectivity index (χ1n) is 5.25. The topological polar surface area (TPSA) is 129 Å². The molecule has 0 bridgehead atoms. The van der Waals surface area contributed by atoms with E-state index in [1.54, 1.807) is 6.07 Å². The van der Waals surface area contributed by atoms with Crippen LogP contribution in [0, 0.1) is 11.3 Å². The van der Waals surface area contributed by atoms with Crippen LogP contribution in [0.2, 0.25) is 5.02 Å². The second kappa shape index (κ2) is 6.31. The molecule has 1 aromatic carbocycles. The van der Waals surface area contributed by atoms with Crippen LogP contribution in [0.25, 0.3) is 5.70 Å². The van der Waals surface area contributed by atoms with E-state index in [2.05, 4.69) is 4.99 Å². The van der Waals surface area contributed by atoms with Crippen molar-refractivity contribution >= 4 is 23.5 Å². The molecule has 6 nitrogen and oxygen atoms in total. The molecule has 1 rings (SSSR count). The predicted molar refractivity (Wildman–Crippen MR) is 73.0 cm³/mol. The monoisotopic (exact) mass is 280 g/mol. The third-order valence-corrected chi connectivity index (χ3v) is 2.54. The molecular weight excluding hydrogens is 268 g/mol. The van der Waals surface area contributed by atoms with E-state index >= 15 is 0 Å². The number of nitrogens with two attached hydrogens (primary N) is 2. The van der Waals surface area contributed by atoms with E-state index in [4.69, 9.17) is 38.5 Å². The van der Waals surface area contributed by atoms with Crippen molar-refractivity contribution in [3.8, 4) is 6.07 Å². The lowest BCUT2D eigenvalue weighted by atomic mass is 10.1. The van der Waals surface area contributed by atoms with Crippen LogP contribution in [0.1, 0.15) is 11.1 Å². The molecule has 0 saturated heterocycles. The Morgan fingerprint density at radius 1 is 1.53 bits per heavy atom. The highest BCUT2D eigenvalue weighted by atomic mass is 35.5. The number of nitriles is 1. The van der Waals surface area contributed by atoms with Gasteiger partial charge in [0.15, 0.2) is 0 Å². The van der Waals surface area contributed by atoms with Gasteiger partial charge in [0.2, 0.25) is 0 Å². The molecule has 0 unspecified atom stereocenters. The number of nitrogens with zero attached hydrogens (tertiary/aromatic N) is 2. The summed E-state index contributed by atoms with van der Waals surface area (Å²) in [5.74, 6) is -2.31. The average Bonchev–Trinajstić information content (AvgIpc) is 2.38. The van der Waals surface area contributed by atoms with E-state index in [0.717, 1.165) is 6.21 Å². The number of halogens is 1. The standard InChI is InChI=1S/C12H13ClN4O2/c13-10-5-8(1-2-9(10)6-14)11(16)3-4-17-12(18,19)7-15/h1-5,18-19H,7,15-16H2/b11-3-,17-4+. The summed E-state index contributed by atoms with van der Waals surface area (Å²) < 4.78 is 0. The van der Waals surface area contributed by atoms with Crippen molar-refractivity contribution in [1.29, 1.82) is 5.26 Å². The molecule has 6 N–H and O–H groups in total. The molecule has 0 aliphatic heterocycles. The predicted octanol–water partition coefficient (Wildman–Crippen LogP) is 0.179. The van der Waals surface area contributed by atoms with Crippen LogP contribution >= 0.6 is 11.6 Å². The lowest BCUT2D eigenvalue weighted by Crippen LogP contribution is -2.35. The average molecular weight is 281 g/mol. The number of rotatable bonds is 4. The number of benzene rings is 1. The molecule has 0 aliphatic rings. The van der Waals surface area contributed by atoms with E-state index in [0.29, 0.717) is 16.8 Å². The molecule has 0 atom stereocenters. The normalized spacial score (nSPS) is 12.7. The van der Waals surface area contributed by atoms with Crippen LogP contribution in [0.3, 0.4) is 0 Å². The second-order valence-corrected chi connectivity index (χ2v) is 4.09.